The maximum Gasteiger partial charge on any atom is 0.126 e. The van der Waals surface area contributed by atoms with Crippen molar-refractivity contribution in [2.24, 2.45) is 0 Å². The average Bonchev–Trinajstić information content (AvgIpc) is 2.43. The van der Waals surface area contributed by atoms with E-state index >= 15 is 0 Å². The van der Waals surface area contributed by atoms with E-state index in [0.29, 0.717) is 6.04 Å². The van der Waals surface area contributed by atoms with E-state index < -0.39 is 0 Å². The number of aromatic nitrogens is 2. The second-order valence-electron chi connectivity index (χ2n) is 3.41. The maximum atomic E-state index is 5.86. The molecule has 4 nitrogen and oxygen atoms in total. The molecule has 0 aliphatic carbocycles. The van der Waals surface area contributed by atoms with E-state index in [1.165, 1.54) is 0 Å². The largest absolute Gasteiger partial charge is 0.384 e. The van der Waals surface area contributed by atoms with Crippen molar-refractivity contribution in [3.05, 3.63) is 11.8 Å². The van der Waals surface area contributed by atoms with Crippen LogP contribution in [0.2, 0.25) is 0 Å². The molecule has 0 aliphatic heterocycles. The van der Waals surface area contributed by atoms with Crippen LogP contribution in [-0.4, -0.2) is 15.8 Å². The van der Waals surface area contributed by atoms with E-state index in [0.717, 1.165) is 24.5 Å². The first kappa shape index (κ1) is 10.1. The molecule has 74 valence electrons. The Hall–Kier alpha value is -1.03. The highest BCUT2D eigenvalue weighted by atomic mass is 15.3. The first-order chi connectivity index (χ1) is 6.15. The van der Waals surface area contributed by atoms with Crippen LogP contribution in [0.3, 0.4) is 0 Å². The Morgan fingerprint density at radius 3 is 2.77 bits per heavy atom. The third-order valence-electron chi connectivity index (χ3n) is 1.96. The molecular formula is C9H18N4. The van der Waals surface area contributed by atoms with Gasteiger partial charge >= 0.3 is 0 Å². The van der Waals surface area contributed by atoms with Gasteiger partial charge in [-0.1, -0.05) is 13.8 Å². The van der Waals surface area contributed by atoms with Crippen LogP contribution in [0, 0.1) is 0 Å². The van der Waals surface area contributed by atoms with Crippen molar-refractivity contribution in [3.63, 3.8) is 0 Å². The van der Waals surface area contributed by atoms with Gasteiger partial charge in [0.25, 0.3) is 0 Å². The Balaban J connectivity index is 2.62. The summed E-state index contributed by atoms with van der Waals surface area (Å²) in [6.45, 7) is 7.88. The highest BCUT2D eigenvalue weighted by Gasteiger charge is 2.05. The number of anilines is 1. The number of hydrogen-bond donors (Lipinski definition) is 2. The lowest BCUT2D eigenvalue weighted by atomic mass is 10.3. The molecule has 0 amide bonds. The standard InChI is InChI=1S/C9H18N4/c1-4-13-9(10)8(6-12-13)5-11-7(2)3/h6-7,11H,4-5,10H2,1-3H3. The average molecular weight is 182 g/mol. The zero-order valence-electron chi connectivity index (χ0n) is 8.54. The van der Waals surface area contributed by atoms with Gasteiger partial charge in [-0.25, -0.2) is 0 Å². The first-order valence-electron chi connectivity index (χ1n) is 4.68. The van der Waals surface area contributed by atoms with E-state index in [2.05, 4.69) is 24.3 Å². The molecule has 0 saturated heterocycles. The molecule has 0 fully saturated rings. The quantitative estimate of drug-likeness (QED) is 0.730. The van der Waals surface area contributed by atoms with Crippen LogP contribution in [0.25, 0.3) is 0 Å². The molecule has 0 spiro atoms. The lowest BCUT2D eigenvalue weighted by Gasteiger charge is -2.07. The summed E-state index contributed by atoms with van der Waals surface area (Å²) in [5.74, 6) is 0.774. The van der Waals surface area contributed by atoms with Crippen LogP contribution in [0.1, 0.15) is 26.3 Å². The van der Waals surface area contributed by atoms with Crippen molar-refractivity contribution in [1.82, 2.24) is 15.1 Å². The SMILES string of the molecule is CCn1ncc(CNC(C)C)c1N. The Kier molecular flexibility index (Phi) is 3.31. The number of hydrogen-bond acceptors (Lipinski definition) is 3. The van der Waals surface area contributed by atoms with Gasteiger partial charge in [-0.2, -0.15) is 5.10 Å². The highest BCUT2D eigenvalue weighted by molar-refractivity contribution is 5.38. The monoisotopic (exact) mass is 182 g/mol. The summed E-state index contributed by atoms with van der Waals surface area (Å²) < 4.78 is 1.80. The molecule has 0 atom stereocenters. The van der Waals surface area contributed by atoms with Gasteiger partial charge in [0.15, 0.2) is 0 Å². The number of rotatable bonds is 4. The van der Waals surface area contributed by atoms with E-state index in [-0.39, 0.29) is 0 Å². The molecule has 1 rings (SSSR count). The molecule has 0 aliphatic rings. The second kappa shape index (κ2) is 4.28. The Morgan fingerprint density at radius 1 is 1.62 bits per heavy atom. The summed E-state index contributed by atoms with van der Waals surface area (Å²) in [5.41, 5.74) is 6.94. The van der Waals surface area contributed by atoms with Crippen molar-refractivity contribution < 1.29 is 0 Å². The number of nitrogens with two attached hydrogens (primary N) is 1. The molecule has 1 aromatic heterocycles. The summed E-state index contributed by atoms with van der Waals surface area (Å²) >= 11 is 0. The molecule has 13 heavy (non-hydrogen) atoms. The van der Waals surface area contributed by atoms with Gasteiger partial charge in [0.05, 0.1) is 6.20 Å². The van der Waals surface area contributed by atoms with E-state index in [9.17, 15) is 0 Å². The molecular weight excluding hydrogens is 164 g/mol. The predicted octanol–water partition coefficient (Wildman–Crippen LogP) is 0.983. The molecule has 0 unspecified atom stereocenters. The van der Waals surface area contributed by atoms with E-state index in [4.69, 9.17) is 5.73 Å². The summed E-state index contributed by atoms with van der Waals surface area (Å²) in [6, 6.07) is 0.476. The maximum absolute atomic E-state index is 5.86. The van der Waals surface area contributed by atoms with Gasteiger partial charge in [0, 0.05) is 24.7 Å². The fraction of sp³-hybridized carbons (Fsp3) is 0.667. The van der Waals surface area contributed by atoms with Crippen molar-refractivity contribution in [2.45, 2.75) is 39.9 Å². The summed E-state index contributed by atoms with van der Waals surface area (Å²) in [7, 11) is 0. The number of aryl methyl sites for hydroxylation is 1. The summed E-state index contributed by atoms with van der Waals surface area (Å²) in [5, 5.41) is 7.47. The van der Waals surface area contributed by atoms with Crippen molar-refractivity contribution in [1.29, 1.82) is 0 Å². The third kappa shape index (κ3) is 2.45. The topological polar surface area (TPSA) is 55.9 Å². The lowest BCUT2D eigenvalue weighted by Crippen LogP contribution is -2.22. The van der Waals surface area contributed by atoms with Crippen LogP contribution in [0.15, 0.2) is 6.20 Å². The summed E-state index contributed by atoms with van der Waals surface area (Å²) in [6.07, 6.45) is 1.83. The minimum Gasteiger partial charge on any atom is -0.384 e. The number of nitrogen functional groups attached to an aromatic ring is 1. The van der Waals surface area contributed by atoms with Gasteiger partial charge in [-0.3, -0.25) is 4.68 Å². The van der Waals surface area contributed by atoms with Crippen LogP contribution in [0.5, 0.6) is 0 Å². The van der Waals surface area contributed by atoms with Crippen LogP contribution >= 0.6 is 0 Å². The molecule has 4 heteroatoms. The lowest BCUT2D eigenvalue weighted by molar-refractivity contribution is 0.589. The Labute approximate surface area is 79.1 Å². The molecule has 0 saturated carbocycles. The minimum atomic E-state index is 0.476. The summed E-state index contributed by atoms with van der Waals surface area (Å²) in [4.78, 5) is 0. The Morgan fingerprint density at radius 2 is 2.31 bits per heavy atom. The van der Waals surface area contributed by atoms with Gasteiger partial charge in [-0.05, 0) is 6.92 Å². The van der Waals surface area contributed by atoms with Gasteiger partial charge in [-0.15, -0.1) is 0 Å². The van der Waals surface area contributed by atoms with Gasteiger partial charge in [0.2, 0.25) is 0 Å². The minimum absolute atomic E-state index is 0.476. The molecule has 0 radical (unpaired) electrons. The van der Waals surface area contributed by atoms with Gasteiger partial charge in [0.1, 0.15) is 5.82 Å². The molecule has 0 aromatic carbocycles. The molecule has 1 heterocycles. The predicted molar refractivity (Wildman–Crippen MR) is 54.3 cm³/mol. The normalized spacial score (nSPS) is 11.1. The van der Waals surface area contributed by atoms with Crippen LogP contribution in [0.4, 0.5) is 5.82 Å². The fourth-order valence-corrected chi connectivity index (χ4v) is 1.14. The number of nitrogens with one attached hydrogen (secondary N) is 1. The number of nitrogens with zero attached hydrogens (tertiary/aromatic N) is 2. The smallest absolute Gasteiger partial charge is 0.126 e. The zero-order chi connectivity index (χ0) is 9.84. The van der Waals surface area contributed by atoms with Crippen molar-refractivity contribution in [3.8, 4) is 0 Å². The van der Waals surface area contributed by atoms with Gasteiger partial charge < -0.3 is 11.1 Å². The second-order valence-corrected chi connectivity index (χ2v) is 3.41. The molecule has 3 N–H and O–H groups in total. The van der Waals surface area contributed by atoms with Crippen LogP contribution < -0.4 is 11.1 Å². The Bertz CT molecular complexity index is 265. The zero-order valence-corrected chi connectivity index (χ0v) is 8.54. The van der Waals surface area contributed by atoms with Crippen molar-refractivity contribution in [2.75, 3.05) is 5.73 Å². The fourth-order valence-electron chi connectivity index (χ4n) is 1.14. The first-order valence-corrected chi connectivity index (χ1v) is 4.68. The third-order valence-corrected chi connectivity index (χ3v) is 1.96. The molecule has 0 bridgehead atoms. The highest BCUT2D eigenvalue weighted by Crippen LogP contribution is 2.10. The van der Waals surface area contributed by atoms with Crippen molar-refractivity contribution >= 4 is 5.82 Å². The molecule has 1 aromatic rings. The van der Waals surface area contributed by atoms with E-state index in [1.54, 1.807) is 4.68 Å². The van der Waals surface area contributed by atoms with Crippen LogP contribution in [-0.2, 0) is 13.1 Å². The van der Waals surface area contributed by atoms with E-state index in [1.807, 2.05) is 13.1 Å².